The molecule has 25 heavy (non-hydrogen) atoms. The first kappa shape index (κ1) is 17.5. The van der Waals surface area contributed by atoms with Crippen LogP contribution in [0.2, 0.25) is 0 Å². The molecular weight excluding hydrogens is 308 g/mol. The average molecular weight is 343 g/mol. The van der Waals surface area contributed by atoms with Crippen LogP contribution in [0.5, 0.6) is 0 Å². The molecule has 0 radical (unpaired) electrons. The summed E-state index contributed by atoms with van der Waals surface area (Å²) in [6.07, 6.45) is 11.0. The van der Waals surface area contributed by atoms with E-state index in [0.29, 0.717) is 23.4 Å². The molecule has 0 aliphatic heterocycles. The minimum atomic E-state index is 0.218. The van der Waals surface area contributed by atoms with E-state index in [1.165, 1.54) is 31.3 Å². The third-order valence-electron chi connectivity index (χ3n) is 9.10. The van der Waals surface area contributed by atoms with Crippen molar-refractivity contribution < 1.29 is 9.59 Å². The van der Waals surface area contributed by atoms with Crippen LogP contribution < -0.4 is 0 Å². The van der Waals surface area contributed by atoms with Gasteiger partial charge in [0.05, 0.1) is 0 Å². The Bertz CT molecular complexity index is 632. The molecule has 0 saturated heterocycles. The molecule has 4 aliphatic rings. The Kier molecular flexibility index (Phi) is 4.05. The number of Topliss-reactive ketones (excluding diaryl/α,β-unsaturated/α-hetero) is 1. The van der Waals surface area contributed by atoms with Gasteiger partial charge in [0.2, 0.25) is 0 Å². The van der Waals surface area contributed by atoms with Crippen LogP contribution in [-0.2, 0) is 9.59 Å². The molecule has 0 aromatic rings. The summed E-state index contributed by atoms with van der Waals surface area (Å²) in [4.78, 5) is 24.5. The maximum atomic E-state index is 12.5. The van der Waals surface area contributed by atoms with Crippen molar-refractivity contribution in [3.05, 3.63) is 11.6 Å². The summed E-state index contributed by atoms with van der Waals surface area (Å²) < 4.78 is 0. The summed E-state index contributed by atoms with van der Waals surface area (Å²) in [7, 11) is 0. The monoisotopic (exact) mass is 342 g/mol. The molecule has 0 heterocycles. The highest BCUT2D eigenvalue weighted by molar-refractivity contribution is 5.91. The van der Waals surface area contributed by atoms with E-state index in [9.17, 15) is 9.59 Å². The first-order valence-electron chi connectivity index (χ1n) is 10.6. The molecule has 138 valence electrons. The van der Waals surface area contributed by atoms with Crippen LogP contribution in [0.4, 0.5) is 0 Å². The molecule has 0 unspecified atom stereocenters. The molecule has 3 saturated carbocycles. The van der Waals surface area contributed by atoms with Crippen LogP contribution >= 0.6 is 0 Å². The van der Waals surface area contributed by atoms with E-state index >= 15 is 0 Å². The van der Waals surface area contributed by atoms with E-state index in [2.05, 4.69) is 20.8 Å². The van der Waals surface area contributed by atoms with Crippen molar-refractivity contribution in [2.24, 2.45) is 40.4 Å². The minimum absolute atomic E-state index is 0.218. The standard InChI is InChI=1S/C23H34O2/c1-5-15-12-20-18-7-6-16-13-17(25)8-10-22(16,3)19(18)9-11-23(20,4)21(15)14(2)24/h13,15,18-21H,5-12H2,1-4H3/t15-,18+,19-,20-,21-,22+,23+/m1/s1. The smallest absolute Gasteiger partial charge is 0.155 e. The van der Waals surface area contributed by atoms with Crippen LogP contribution in [0.25, 0.3) is 0 Å². The summed E-state index contributed by atoms with van der Waals surface area (Å²) in [6.45, 7) is 8.99. The maximum absolute atomic E-state index is 12.5. The molecule has 0 aromatic heterocycles. The predicted octanol–water partition coefficient (Wildman–Crippen LogP) is 5.36. The van der Waals surface area contributed by atoms with Crippen molar-refractivity contribution >= 4 is 11.6 Å². The largest absolute Gasteiger partial charge is 0.300 e. The highest BCUT2D eigenvalue weighted by Crippen LogP contribution is 2.68. The number of carbonyl (C=O) groups excluding carboxylic acids is 2. The zero-order valence-corrected chi connectivity index (χ0v) is 16.4. The normalized spacial score (nSPS) is 49.0. The van der Waals surface area contributed by atoms with E-state index in [4.69, 9.17) is 0 Å². The summed E-state index contributed by atoms with van der Waals surface area (Å²) in [5.74, 6) is 3.83. The van der Waals surface area contributed by atoms with Gasteiger partial charge >= 0.3 is 0 Å². The number of fused-ring (bicyclic) bond motifs is 5. The van der Waals surface area contributed by atoms with Crippen molar-refractivity contribution in [3.8, 4) is 0 Å². The second-order valence-corrected chi connectivity index (χ2v) is 10.0. The summed E-state index contributed by atoms with van der Waals surface area (Å²) >= 11 is 0. The van der Waals surface area contributed by atoms with Crippen LogP contribution in [0.1, 0.15) is 79.1 Å². The van der Waals surface area contributed by atoms with Crippen molar-refractivity contribution in [2.75, 3.05) is 0 Å². The number of ketones is 2. The van der Waals surface area contributed by atoms with Crippen molar-refractivity contribution in [1.29, 1.82) is 0 Å². The van der Waals surface area contributed by atoms with E-state index in [1.807, 2.05) is 13.0 Å². The highest BCUT2D eigenvalue weighted by atomic mass is 16.1. The molecule has 7 atom stereocenters. The van der Waals surface area contributed by atoms with Gasteiger partial charge in [-0.05, 0) is 86.0 Å². The van der Waals surface area contributed by atoms with Crippen LogP contribution in [-0.4, -0.2) is 11.6 Å². The lowest BCUT2D eigenvalue weighted by atomic mass is 9.46. The van der Waals surface area contributed by atoms with Gasteiger partial charge in [0, 0.05) is 12.3 Å². The molecule has 0 spiro atoms. The average Bonchev–Trinajstić information content (AvgIpc) is 2.88. The molecular formula is C23H34O2. The van der Waals surface area contributed by atoms with Crippen LogP contribution in [0.15, 0.2) is 11.6 Å². The first-order valence-corrected chi connectivity index (χ1v) is 10.6. The lowest BCUT2D eigenvalue weighted by molar-refractivity contribution is -0.130. The van der Waals surface area contributed by atoms with Gasteiger partial charge in [-0.2, -0.15) is 0 Å². The third-order valence-corrected chi connectivity index (χ3v) is 9.10. The topological polar surface area (TPSA) is 34.1 Å². The number of hydrogen-bond acceptors (Lipinski definition) is 2. The Morgan fingerprint density at radius 3 is 2.60 bits per heavy atom. The van der Waals surface area contributed by atoms with Crippen molar-refractivity contribution in [2.45, 2.75) is 79.1 Å². The molecule has 0 aromatic carbocycles. The molecule has 0 amide bonds. The quantitative estimate of drug-likeness (QED) is 0.677. The number of carbonyl (C=O) groups is 2. The molecule has 0 N–H and O–H groups in total. The molecule has 2 nitrogen and oxygen atoms in total. The Hall–Kier alpha value is -0.920. The summed E-state index contributed by atoms with van der Waals surface area (Å²) in [6, 6.07) is 0. The van der Waals surface area contributed by atoms with Gasteiger partial charge in [0.1, 0.15) is 5.78 Å². The minimum Gasteiger partial charge on any atom is -0.300 e. The lowest BCUT2D eigenvalue weighted by Crippen LogP contribution is -2.51. The van der Waals surface area contributed by atoms with Crippen molar-refractivity contribution in [1.82, 2.24) is 0 Å². The Balaban J connectivity index is 1.69. The Morgan fingerprint density at radius 2 is 1.92 bits per heavy atom. The van der Waals surface area contributed by atoms with Gasteiger partial charge < -0.3 is 0 Å². The lowest BCUT2D eigenvalue weighted by Gasteiger charge is -2.58. The summed E-state index contributed by atoms with van der Waals surface area (Å²) in [5, 5.41) is 0. The van der Waals surface area contributed by atoms with Gasteiger partial charge in [-0.25, -0.2) is 0 Å². The van der Waals surface area contributed by atoms with E-state index in [1.54, 1.807) is 0 Å². The third kappa shape index (κ3) is 2.35. The second kappa shape index (κ2) is 5.79. The van der Waals surface area contributed by atoms with E-state index < -0.39 is 0 Å². The molecule has 4 rings (SSSR count). The molecule has 2 heteroatoms. The Morgan fingerprint density at radius 1 is 1.16 bits per heavy atom. The van der Waals surface area contributed by atoms with Crippen molar-refractivity contribution in [3.63, 3.8) is 0 Å². The number of allylic oxidation sites excluding steroid dienone is 1. The zero-order chi connectivity index (χ0) is 18.0. The number of rotatable bonds is 2. The SMILES string of the molecule is CC[C@@H]1C[C@@H]2[C@H]3CCC4=CC(=O)CC[C@]4(C)[C@@H]3CC[C@]2(C)[C@@H]1C(C)=O. The zero-order valence-electron chi connectivity index (χ0n) is 16.4. The Labute approximate surface area is 152 Å². The predicted molar refractivity (Wildman–Crippen MR) is 100 cm³/mol. The van der Waals surface area contributed by atoms with Gasteiger partial charge in [-0.1, -0.05) is 32.8 Å². The van der Waals surface area contributed by atoms with Gasteiger partial charge in [0.25, 0.3) is 0 Å². The fourth-order valence-electron chi connectivity index (χ4n) is 7.94. The molecule has 4 aliphatic carbocycles. The first-order chi connectivity index (χ1) is 11.8. The number of hydrogen-bond donors (Lipinski definition) is 0. The van der Waals surface area contributed by atoms with Gasteiger partial charge in [0.15, 0.2) is 5.78 Å². The van der Waals surface area contributed by atoms with Crippen LogP contribution in [0, 0.1) is 40.4 Å². The fraction of sp³-hybridized carbons (Fsp3) is 0.826. The summed E-state index contributed by atoms with van der Waals surface area (Å²) in [5.41, 5.74) is 1.91. The highest BCUT2D eigenvalue weighted by Gasteiger charge is 2.61. The molecule has 0 bridgehead atoms. The van der Waals surface area contributed by atoms with Gasteiger partial charge in [-0.3, -0.25) is 9.59 Å². The second-order valence-electron chi connectivity index (χ2n) is 10.0. The van der Waals surface area contributed by atoms with Crippen LogP contribution in [0.3, 0.4) is 0 Å². The van der Waals surface area contributed by atoms with E-state index in [-0.39, 0.29) is 16.7 Å². The van der Waals surface area contributed by atoms with Gasteiger partial charge in [-0.15, -0.1) is 0 Å². The van der Waals surface area contributed by atoms with E-state index in [0.717, 1.165) is 37.5 Å². The molecule has 3 fully saturated rings. The maximum Gasteiger partial charge on any atom is 0.155 e. The fourth-order valence-corrected chi connectivity index (χ4v) is 7.94.